The molecule has 3 nitrogen and oxygen atoms in total. The highest BCUT2D eigenvalue weighted by Crippen LogP contribution is 2.41. The summed E-state index contributed by atoms with van der Waals surface area (Å²) in [6, 6.07) is 6.28. The highest BCUT2D eigenvalue weighted by molar-refractivity contribution is 7.99. The zero-order valence-corrected chi connectivity index (χ0v) is 12.0. The van der Waals surface area contributed by atoms with Crippen molar-refractivity contribution in [3.05, 3.63) is 23.8 Å². The van der Waals surface area contributed by atoms with Gasteiger partial charge in [-0.25, -0.2) is 0 Å². The average Bonchev–Trinajstić information content (AvgIpc) is 2.93. The molecule has 0 amide bonds. The largest absolute Gasteiger partial charge is 0.496 e. The van der Waals surface area contributed by atoms with Crippen LogP contribution in [0.4, 0.5) is 0 Å². The Morgan fingerprint density at radius 1 is 1.28 bits per heavy atom. The van der Waals surface area contributed by atoms with Crippen molar-refractivity contribution in [1.29, 1.82) is 0 Å². The third-order valence-corrected chi connectivity index (χ3v) is 4.71. The van der Waals surface area contributed by atoms with Crippen LogP contribution in [0.2, 0.25) is 0 Å². The lowest BCUT2D eigenvalue weighted by Gasteiger charge is -2.26. The van der Waals surface area contributed by atoms with Gasteiger partial charge in [0, 0.05) is 6.04 Å². The molecule has 1 fully saturated rings. The summed E-state index contributed by atoms with van der Waals surface area (Å²) < 4.78 is 11.0. The molecule has 0 saturated carbocycles. The van der Waals surface area contributed by atoms with Crippen LogP contribution < -0.4 is 14.8 Å². The second-order valence-electron chi connectivity index (χ2n) is 4.47. The molecule has 0 spiro atoms. The third-order valence-electron chi connectivity index (χ3n) is 3.52. The average molecular weight is 267 g/mol. The minimum atomic E-state index is 0.297. The zero-order valence-electron chi connectivity index (χ0n) is 11.2. The molecule has 2 rings (SSSR count). The summed E-state index contributed by atoms with van der Waals surface area (Å²) in [5.74, 6) is 4.91. The Labute approximate surface area is 113 Å². The van der Waals surface area contributed by atoms with E-state index in [-0.39, 0.29) is 0 Å². The van der Waals surface area contributed by atoms with E-state index in [9.17, 15) is 0 Å². The van der Waals surface area contributed by atoms with Gasteiger partial charge >= 0.3 is 0 Å². The van der Waals surface area contributed by atoms with Crippen LogP contribution in [0.15, 0.2) is 18.2 Å². The van der Waals surface area contributed by atoms with Crippen LogP contribution in [0.5, 0.6) is 11.5 Å². The van der Waals surface area contributed by atoms with E-state index in [1.54, 1.807) is 14.2 Å². The van der Waals surface area contributed by atoms with Crippen molar-refractivity contribution < 1.29 is 9.47 Å². The maximum Gasteiger partial charge on any atom is 0.127 e. The molecule has 1 aromatic carbocycles. The van der Waals surface area contributed by atoms with E-state index >= 15 is 0 Å². The van der Waals surface area contributed by atoms with Gasteiger partial charge in [-0.15, -0.1) is 0 Å². The van der Waals surface area contributed by atoms with Gasteiger partial charge in [0.25, 0.3) is 0 Å². The summed E-state index contributed by atoms with van der Waals surface area (Å²) >= 11 is 2.03. The quantitative estimate of drug-likeness (QED) is 0.888. The molecule has 1 saturated heterocycles. The van der Waals surface area contributed by atoms with Crippen molar-refractivity contribution in [3.63, 3.8) is 0 Å². The number of hydrogen-bond acceptors (Lipinski definition) is 4. The van der Waals surface area contributed by atoms with E-state index in [0.29, 0.717) is 12.0 Å². The van der Waals surface area contributed by atoms with Crippen molar-refractivity contribution in [1.82, 2.24) is 5.32 Å². The number of hydrogen-bond donors (Lipinski definition) is 1. The minimum absolute atomic E-state index is 0.297. The number of benzene rings is 1. The molecule has 100 valence electrons. The second-order valence-corrected chi connectivity index (χ2v) is 5.62. The van der Waals surface area contributed by atoms with Gasteiger partial charge in [-0.05, 0) is 43.0 Å². The highest BCUT2D eigenvalue weighted by Gasteiger charge is 2.29. The van der Waals surface area contributed by atoms with E-state index in [4.69, 9.17) is 9.47 Å². The van der Waals surface area contributed by atoms with Gasteiger partial charge in [-0.1, -0.05) is 6.07 Å². The molecular formula is C14H21NO2S. The Balaban J connectivity index is 2.38. The van der Waals surface area contributed by atoms with E-state index in [1.807, 2.05) is 37.0 Å². The smallest absolute Gasteiger partial charge is 0.127 e. The molecule has 1 heterocycles. The third kappa shape index (κ3) is 2.59. The molecule has 0 aliphatic carbocycles. The Hall–Kier alpha value is -0.870. The summed E-state index contributed by atoms with van der Waals surface area (Å²) in [5.41, 5.74) is 1.15. The van der Waals surface area contributed by atoms with Crippen molar-refractivity contribution in [3.8, 4) is 11.5 Å². The lowest BCUT2D eigenvalue weighted by molar-refractivity contribution is 0.347. The van der Waals surface area contributed by atoms with Gasteiger partial charge < -0.3 is 14.8 Å². The fraction of sp³-hybridized carbons (Fsp3) is 0.571. The van der Waals surface area contributed by atoms with Crippen molar-refractivity contribution in [2.45, 2.75) is 12.5 Å². The molecule has 0 aromatic heterocycles. The first-order valence-electron chi connectivity index (χ1n) is 6.27. The predicted molar refractivity (Wildman–Crippen MR) is 76.8 cm³/mol. The number of nitrogens with one attached hydrogen (secondary N) is 1. The Morgan fingerprint density at radius 3 is 2.39 bits per heavy atom. The van der Waals surface area contributed by atoms with Crippen molar-refractivity contribution >= 4 is 11.8 Å². The van der Waals surface area contributed by atoms with Crippen LogP contribution in [-0.4, -0.2) is 32.8 Å². The molecule has 1 N–H and O–H groups in total. The maximum atomic E-state index is 5.50. The second kappa shape index (κ2) is 6.34. The van der Waals surface area contributed by atoms with Crippen LogP contribution in [0.3, 0.4) is 0 Å². The van der Waals surface area contributed by atoms with Crippen molar-refractivity contribution in [2.75, 3.05) is 32.8 Å². The molecule has 1 aliphatic rings. The topological polar surface area (TPSA) is 30.5 Å². The minimum Gasteiger partial charge on any atom is -0.496 e. The number of ether oxygens (including phenoxy) is 2. The first-order valence-corrected chi connectivity index (χ1v) is 7.43. The summed E-state index contributed by atoms with van der Waals surface area (Å²) in [5, 5.41) is 3.44. The normalized spacial score (nSPS) is 20.7. The number of methoxy groups -OCH3 is 2. The summed E-state index contributed by atoms with van der Waals surface area (Å²) in [4.78, 5) is 0. The van der Waals surface area contributed by atoms with Crippen LogP contribution in [0, 0.1) is 5.92 Å². The SMILES string of the molecule is CNC(c1c(OC)cccc1OC)C1CCSC1. The van der Waals surface area contributed by atoms with Gasteiger partial charge in [0.05, 0.1) is 19.8 Å². The molecule has 2 unspecified atom stereocenters. The van der Waals surface area contributed by atoms with E-state index < -0.39 is 0 Å². The van der Waals surface area contributed by atoms with Gasteiger partial charge in [-0.3, -0.25) is 0 Å². The van der Waals surface area contributed by atoms with Gasteiger partial charge in [0.1, 0.15) is 11.5 Å². The molecule has 1 aromatic rings. The lowest BCUT2D eigenvalue weighted by atomic mass is 9.91. The van der Waals surface area contributed by atoms with Crippen LogP contribution >= 0.6 is 11.8 Å². The lowest BCUT2D eigenvalue weighted by Crippen LogP contribution is -2.26. The Bertz CT molecular complexity index is 369. The first kappa shape index (κ1) is 13.6. The number of thioether (sulfide) groups is 1. The van der Waals surface area contributed by atoms with Gasteiger partial charge in [-0.2, -0.15) is 11.8 Å². The molecule has 2 atom stereocenters. The molecular weight excluding hydrogens is 246 g/mol. The van der Waals surface area contributed by atoms with E-state index in [1.165, 1.54) is 17.9 Å². The van der Waals surface area contributed by atoms with Crippen LogP contribution in [0.25, 0.3) is 0 Å². The van der Waals surface area contributed by atoms with E-state index in [0.717, 1.165) is 17.1 Å². The van der Waals surface area contributed by atoms with E-state index in [2.05, 4.69) is 5.32 Å². The molecule has 0 radical (unpaired) electrons. The fourth-order valence-electron chi connectivity index (χ4n) is 2.62. The van der Waals surface area contributed by atoms with Crippen LogP contribution in [-0.2, 0) is 0 Å². The Morgan fingerprint density at radius 2 is 1.94 bits per heavy atom. The first-order chi connectivity index (χ1) is 8.81. The monoisotopic (exact) mass is 267 g/mol. The molecule has 4 heteroatoms. The zero-order chi connectivity index (χ0) is 13.0. The van der Waals surface area contributed by atoms with Gasteiger partial charge in [0.2, 0.25) is 0 Å². The summed E-state index contributed by atoms with van der Waals surface area (Å²) in [6.45, 7) is 0. The van der Waals surface area contributed by atoms with Crippen molar-refractivity contribution in [2.24, 2.45) is 5.92 Å². The fourth-order valence-corrected chi connectivity index (χ4v) is 3.92. The van der Waals surface area contributed by atoms with Crippen LogP contribution in [0.1, 0.15) is 18.0 Å². The number of rotatable bonds is 5. The van der Waals surface area contributed by atoms with Gasteiger partial charge in [0.15, 0.2) is 0 Å². The predicted octanol–water partition coefficient (Wildman–Crippen LogP) is 2.72. The highest BCUT2D eigenvalue weighted by atomic mass is 32.2. The standard InChI is InChI=1S/C14H21NO2S/c1-15-14(10-7-8-18-9-10)13-11(16-2)5-4-6-12(13)17-3/h4-6,10,14-15H,7-9H2,1-3H3. The summed E-state index contributed by atoms with van der Waals surface area (Å²) in [7, 11) is 5.45. The summed E-state index contributed by atoms with van der Waals surface area (Å²) in [6.07, 6.45) is 1.25. The maximum absolute atomic E-state index is 5.50. The molecule has 0 bridgehead atoms. The Kier molecular flexibility index (Phi) is 4.78. The molecule has 1 aliphatic heterocycles. The molecule has 18 heavy (non-hydrogen) atoms.